The normalized spacial score (nSPS) is 15.4. The number of hydrogen-bond donors (Lipinski definition) is 1. The smallest absolute Gasteiger partial charge is 0.265 e. The van der Waals surface area contributed by atoms with Gasteiger partial charge in [-0.25, -0.2) is 5.01 Å². The van der Waals surface area contributed by atoms with Crippen molar-refractivity contribution in [1.29, 1.82) is 0 Å². The van der Waals surface area contributed by atoms with Crippen molar-refractivity contribution in [2.75, 3.05) is 26.2 Å². The van der Waals surface area contributed by atoms with Crippen molar-refractivity contribution in [2.24, 2.45) is 0 Å². The molecule has 0 atom stereocenters. The van der Waals surface area contributed by atoms with Crippen molar-refractivity contribution in [3.05, 3.63) is 69.2 Å². The van der Waals surface area contributed by atoms with Crippen LogP contribution in [0.2, 0.25) is 5.02 Å². The number of hydrazine groups is 1. The van der Waals surface area contributed by atoms with Crippen molar-refractivity contribution in [3.8, 4) is 0 Å². The Morgan fingerprint density at radius 2 is 1.68 bits per heavy atom. The zero-order valence-electron chi connectivity index (χ0n) is 13.6. The second kappa shape index (κ2) is 9.55. The van der Waals surface area contributed by atoms with E-state index in [0.717, 1.165) is 47.8 Å². The Hall–Kier alpha value is -1.11. The summed E-state index contributed by atoms with van der Waals surface area (Å²) in [5.74, 6) is -0.0675. The lowest BCUT2D eigenvalue weighted by atomic mass is 10.2. The number of carbonyl (C=O) groups is 1. The SMILES string of the molecule is O=C(NN1CCN(Cc2ccccc2Cl)CC1)c1ccc(Br)cc1.[Cl-]. The molecule has 3 rings (SSSR count). The van der Waals surface area contributed by atoms with Gasteiger partial charge in [-0.05, 0) is 35.9 Å². The molecule has 1 saturated heterocycles. The van der Waals surface area contributed by atoms with Gasteiger partial charge in [0, 0.05) is 47.8 Å². The molecule has 1 aliphatic heterocycles. The fraction of sp³-hybridized carbons (Fsp3) is 0.278. The van der Waals surface area contributed by atoms with E-state index >= 15 is 0 Å². The first-order valence-electron chi connectivity index (χ1n) is 7.89. The van der Waals surface area contributed by atoms with E-state index in [1.165, 1.54) is 0 Å². The van der Waals surface area contributed by atoms with Crippen LogP contribution in [0.1, 0.15) is 15.9 Å². The average molecular weight is 444 g/mol. The Bertz CT molecular complexity index is 704. The standard InChI is InChI=1S/C18H19BrClN3O.ClH/c19-16-7-5-14(6-8-16)18(24)21-23-11-9-22(10-12-23)13-15-3-1-2-4-17(15)20;/h1-8H,9-13H2,(H,21,24);1H/p-1. The van der Waals surface area contributed by atoms with Gasteiger partial charge >= 0.3 is 0 Å². The number of amides is 1. The molecule has 25 heavy (non-hydrogen) atoms. The first kappa shape index (κ1) is 20.2. The zero-order valence-corrected chi connectivity index (χ0v) is 16.7. The minimum atomic E-state index is -0.0675. The van der Waals surface area contributed by atoms with Gasteiger partial charge in [-0.2, -0.15) is 0 Å². The third-order valence-electron chi connectivity index (χ3n) is 4.09. The summed E-state index contributed by atoms with van der Waals surface area (Å²) in [7, 11) is 0. The van der Waals surface area contributed by atoms with Gasteiger partial charge in [0.2, 0.25) is 0 Å². The quantitative estimate of drug-likeness (QED) is 0.750. The van der Waals surface area contributed by atoms with Gasteiger partial charge in [-0.15, -0.1) is 0 Å². The van der Waals surface area contributed by atoms with Crippen LogP contribution in [0.15, 0.2) is 53.0 Å². The Labute approximate surface area is 167 Å². The topological polar surface area (TPSA) is 35.6 Å². The average Bonchev–Trinajstić information content (AvgIpc) is 2.59. The summed E-state index contributed by atoms with van der Waals surface area (Å²) >= 11 is 9.60. The Morgan fingerprint density at radius 1 is 1.04 bits per heavy atom. The van der Waals surface area contributed by atoms with Crippen molar-refractivity contribution in [3.63, 3.8) is 0 Å². The summed E-state index contributed by atoms with van der Waals surface area (Å²) < 4.78 is 0.965. The predicted molar refractivity (Wildman–Crippen MR) is 99.9 cm³/mol. The fourth-order valence-electron chi connectivity index (χ4n) is 2.69. The van der Waals surface area contributed by atoms with Crippen LogP contribution < -0.4 is 17.8 Å². The molecule has 0 radical (unpaired) electrons. The number of nitrogens with one attached hydrogen (secondary N) is 1. The molecule has 134 valence electrons. The first-order chi connectivity index (χ1) is 11.6. The molecular weight excluding hydrogens is 425 g/mol. The summed E-state index contributed by atoms with van der Waals surface area (Å²) in [6.07, 6.45) is 0. The summed E-state index contributed by atoms with van der Waals surface area (Å²) in [5.41, 5.74) is 4.79. The molecule has 1 amide bonds. The number of hydrogen-bond acceptors (Lipinski definition) is 3. The second-order valence-corrected chi connectivity index (χ2v) is 7.13. The Balaban J connectivity index is 0.00000225. The highest BCUT2D eigenvalue weighted by Crippen LogP contribution is 2.17. The van der Waals surface area contributed by atoms with E-state index in [1.807, 2.05) is 47.5 Å². The number of nitrogens with zero attached hydrogens (tertiary/aromatic N) is 2. The van der Waals surface area contributed by atoms with E-state index in [1.54, 1.807) is 0 Å². The lowest BCUT2D eigenvalue weighted by molar-refractivity contribution is -0.0000148. The number of rotatable bonds is 4. The van der Waals surface area contributed by atoms with Gasteiger partial charge in [0.15, 0.2) is 0 Å². The molecule has 0 spiro atoms. The van der Waals surface area contributed by atoms with E-state index in [-0.39, 0.29) is 18.3 Å². The number of halogens is 3. The molecule has 1 heterocycles. The monoisotopic (exact) mass is 442 g/mol. The molecule has 0 bridgehead atoms. The van der Waals surface area contributed by atoms with Crippen molar-refractivity contribution < 1.29 is 17.2 Å². The van der Waals surface area contributed by atoms with Gasteiger partial charge < -0.3 is 12.4 Å². The van der Waals surface area contributed by atoms with Crippen LogP contribution in [-0.4, -0.2) is 42.0 Å². The molecule has 2 aromatic carbocycles. The van der Waals surface area contributed by atoms with Crippen molar-refractivity contribution >= 4 is 33.4 Å². The first-order valence-corrected chi connectivity index (χ1v) is 9.06. The molecule has 2 aromatic rings. The number of benzene rings is 2. The summed E-state index contributed by atoms with van der Waals surface area (Å²) in [6, 6.07) is 15.3. The minimum Gasteiger partial charge on any atom is -1.00 e. The highest BCUT2D eigenvalue weighted by atomic mass is 79.9. The summed E-state index contributed by atoms with van der Waals surface area (Å²) in [4.78, 5) is 14.6. The lowest BCUT2D eigenvalue weighted by Gasteiger charge is -2.34. The van der Waals surface area contributed by atoms with E-state index in [2.05, 4.69) is 32.3 Å². The van der Waals surface area contributed by atoms with Crippen LogP contribution in [0.3, 0.4) is 0 Å². The molecule has 0 aromatic heterocycles. The van der Waals surface area contributed by atoms with Crippen LogP contribution in [0, 0.1) is 0 Å². The molecule has 0 unspecified atom stereocenters. The zero-order chi connectivity index (χ0) is 16.9. The molecule has 1 N–H and O–H groups in total. The van der Waals surface area contributed by atoms with E-state index in [9.17, 15) is 4.79 Å². The maximum Gasteiger partial charge on any atom is 0.265 e. The van der Waals surface area contributed by atoms with E-state index < -0.39 is 0 Å². The van der Waals surface area contributed by atoms with Crippen LogP contribution >= 0.6 is 27.5 Å². The summed E-state index contributed by atoms with van der Waals surface area (Å²) in [5, 5.41) is 2.79. The largest absolute Gasteiger partial charge is 1.00 e. The van der Waals surface area contributed by atoms with Crippen molar-refractivity contribution in [1.82, 2.24) is 15.3 Å². The highest BCUT2D eigenvalue weighted by Gasteiger charge is 2.19. The molecule has 7 heteroatoms. The molecule has 0 aliphatic carbocycles. The molecular formula is C18H19BrCl2N3O-. The van der Waals surface area contributed by atoms with Gasteiger partial charge in [0.1, 0.15) is 0 Å². The molecule has 4 nitrogen and oxygen atoms in total. The van der Waals surface area contributed by atoms with Gasteiger partial charge in [0.25, 0.3) is 5.91 Å². The van der Waals surface area contributed by atoms with Gasteiger partial charge in [0.05, 0.1) is 0 Å². The minimum absolute atomic E-state index is 0. The fourth-order valence-corrected chi connectivity index (χ4v) is 3.15. The highest BCUT2D eigenvalue weighted by molar-refractivity contribution is 9.10. The summed E-state index contributed by atoms with van der Waals surface area (Å²) in [6.45, 7) is 4.23. The van der Waals surface area contributed by atoms with E-state index in [0.29, 0.717) is 5.56 Å². The number of piperazine rings is 1. The van der Waals surface area contributed by atoms with Gasteiger partial charge in [-0.3, -0.25) is 15.1 Å². The van der Waals surface area contributed by atoms with Crippen molar-refractivity contribution in [2.45, 2.75) is 6.54 Å². The van der Waals surface area contributed by atoms with Crippen LogP contribution in [0.5, 0.6) is 0 Å². The Morgan fingerprint density at radius 3 is 2.32 bits per heavy atom. The predicted octanol–water partition coefficient (Wildman–Crippen LogP) is 0.569. The third kappa shape index (κ3) is 5.69. The lowest BCUT2D eigenvalue weighted by Crippen LogP contribution is -3.00. The maximum atomic E-state index is 12.2. The number of carbonyl (C=O) groups excluding carboxylic acids is 1. The Kier molecular flexibility index (Phi) is 7.72. The second-order valence-electron chi connectivity index (χ2n) is 5.80. The van der Waals surface area contributed by atoms with Crippen LogP contribution in [0.25, 0.3) is 0 Å². The third-order valence-corrected chi connectivity index (χ3v) is 4.99. The molecule has 0 saturated carbocycles. The van der Waals surface area contributed by atoms with Gasteiger partial charge in [-0.1, -0.05) is 45.7 Å². The molecule has 1 aliphatic rings. The van der Waals surface area contributed by atoms with E-state index in [4.69, 9.17) is 11.6 Å². The molecule has 1 fully saturated rings. The maximum absolute atomic E-state index is 12.2. The van der Waals surface area contributed by atoms with Crippen LogP contribution in [0.4, 0.5) is 0 Å². The van der Waals surface area contributed by atoms with Crippen LogP contribution in [-0.2, 0) is 6.54 Å².